The largest absolute Gasteiger partial charge is 0.384 e. The van der Waals surface area contributed by atoms with Gasteiger partial charge >= 0.3 is 0 Å². The summed E-state index contributed by atoms with van der Waals surface area (Å²) in [6, 6.07) is 12.7. The van der Waals surface area contributed by atoms with Crippen molar-refractivity contribution in [3.8, 4) is 5.69 Å². The standard InChI is InChI=1S/C25H26N8O2/c1-16-18(6-8-22(26)31-16)14-29-24(34)21-7-9-23-28-15-20(25(35)33(21)23)27-13-17-4-2-5-19(12-17)32-11-3-10-30-32/h2-6,8,10-12,15,21,27H,7,9,13-14H2,1H3,(H2,26,31)(H,29,34)/t21-/m0/s1. The van der Waals surface area contributed by atoms with Crippen molar-refractivity contribution in [2.24, 2.45) is 0 Å². The van der Waals surface area contributed by atoms with Gasteiger partial charge in [-0.1, -0.05) is 18.2 Å². The van der Waals surface area contributed by atoms with E-state index in [-0.39, 0.29) is 11.5 Å². The zero-order valence-electron chi connectivity index (χ0n) is 19.3. The number of aromatic nitrogens is 5. The zero-order valence-corrected chi connectivity index (χ0v) is 19.3. The highest BCUT2D eigenvalue weighted by atomic mass is 16.2. The maximum Gasteiger partial charge on any atom is 0.277 e. The maximum absolute atomic E-state index is 13.3. The predicted molar refractivity (Wildman–Crippen MR) is 132 cm³/mol. The normalized spacial score (nSPS) is 14.5. The summed E-state index contributed by atoms with van der Waals surface area (Å²) in [5.74, 6) is 0.840. The van der Waals surface area contributed by atoms with E-state index in [2.05, 4.69) is 25.7 Å². The van der Waals surface area contributed by atoms with Gasteiger partial charge in [-0.3, -0.25) is 14.2 Å². The van der Waals surface area contributed by atoms with Crippen LogP contribution in [-0.2, 0) is 24.3 Å². The van der Waals surface area contributed by atoms with Crippen molar-refractivity contribution in [2.45, 2.75) is 38.9 Å². The number of nitrogens with one attached hydrogen (secondary N) is 2. The molecule has 0 fully saturated rings. The topological polar surface area (TPSA) is 133 Å². The lowest BCUT2D eigenvalue weighted by molar-refractivity contribution is -0.124. The predicted octanol–water partition coefficient (Wildman–Crippen LogP) is 2.13. The molecular weight excluding hydrogens is 444 g/mol. The fourth-order valence-corrected chi connectivity index (χ4v) is 4.30. The smallest absolute Gasteiger partial charge is 0.277 e. The van der Waals surface area contributed by atoms with E-state index in [4.69, 9.17) is 5.73 Å². The molecule has 0 saturated carbocycles. The fraction of sp³-hybridized carbons (Fsp3) is 0.240. The van der Waals surface area contributed by atoms with Gasteiger partial charge in [0.1, 0.15) is 23.4 Å². The van der Waals surface area contributed by atoms with Gasteiger partial charge in [0, 0.05) is 37.6 Å². The Morgan fingerprint density at radius 2 is 2.09 bits per heavy atom. The summed E-state index contributed by atoms with van der Waals surface area (Å²) in [4.78, 5) is 34.9. The molecule has 1 aromatic carbocycles. The first-order chi connectivity index (χ1) is 17.0. The van der Waals surface area contributed by atoms with Crippen LogP contribution in [0.5, 0.6) is 0 Å². The number of anilines is 2. The van der Waals surface area contributed by atoms with Gasteiger partial charge in [0.2, 0.25) is 5.91 Å². The third-order valence-corrected chi connectivity index (χ3v) is 6.16. The van der Waals surface area contributed by atoms with Crippen LogP contribution in [0.4, 0.5) is 11.5 Å². The van der Waals surface area contributed by atoms with E-state index >= 15 is 0 Å². The molecule has 0 radical (unpaired) electrons. The van der Waals surface area contributed by atoms with Crippen molar-refractivity contribution in [2.75, 3.05) is 11.1 Å². The van der Waals surface area contributed by atoms with E-state index in [1.807, 2.05) is 49.5 Å². The van der Waals surface area contributed by atoms with Gasteiger partial charge in [0.25, 0.3) is 5.56 Å². The van der Waals surface area contributed by atoms with Crippen LogP contribution in [0.25, 0.3) is 5.69 Å². The number of pyridine rings is 1. The molecule has 0 saturated heterocycles. The van der Waals surface area contributed by atoms with Gasteiger partial charge < -0.3 is 16.4 Å². The van der Waals surface area contributed by atoms with Crippen molar-refractivity contribution < 1.29 is 4.79 Å². The van der Waals surface area contributed by atoms with Crippen molar-refractivity contribution in [3.63, 3.8) is 0 Å². The van der Waals surface area contributed by atoms with Gasteiger partial charge in [-0.05, 0) is 48.7 Å². The number of nitrogens with zero attached hydrogens (tertiary/aromatic N) is 5. The van der Waals surface area contributed by atoms with Crippen LogP contribution in [0.15, 0.2) is 65.8 Å². The average molecular weight is 471 g/mol. The van der Waals surface area contributed by atoms with E-state index < -0.39 is 6.04 Å². The second-order valence-corrected chi connectivity index (χ2v) is 8.49. The summed E-state index contributed by atoms with van der Waals surface area (Å²) < 4.78 is 3.28. The molecule has 4 N–H and O–H groups in total. The Kier molecular flexibility index (Phi) is 6.01. The number of benzene rings is 1. The summed E-state index contributed by atoms with van der Waals surface area (Å²) in [5.41, 5.74) is 9.38. The van der Waals surface area contributed by atoms with E-state index in [1.54, 1.807) is 23.1 Å². The maximum atomic E-state index is 13.3. The van der Waals surface area contributed by atoms with Crippen molar-refractivity contribution >= 4 is 17.4 Å². The van der Waals surface area contributed by atoms with Crippen molar-refractivity contribution in [1.29, 1.82) is 0 Å². The molecule has 3 aromatic heterocycles. The van der Waals surface area contributed by atoms with Gasteiger partial charge in [-0.25, -0.2) is 14.6 Å². The molecule has 4 aromatic rings. The highest BCUT2D eigenvalue weighted by Gasteiger charge is 2.31. The quantitative estimate of drug-likeness (QED) is 0.377. The van der Waals surface area contributed by atoms with Crippen LogP contribution in [0, 0.1) is 6.92 Å². The molecule has 0 unspecified atom stereocenters. The monoisotopic (exact) mass is 470 g/mol. The lowest BCUT2D eigenvalue weighted by Crippen LogP contribution is -2.36. The Balaban J connectivity index is 1.29. The molecule has 4 heterocycles. The summed E-state index contributed by atoms with van der Waals surface area (Å²) in [5, 5.41) is 10.4. The average Bonchev–Trinajstić information content (AvgIpc) is 3.54. The van der Waals surface area contributed by atoms with Crippen molar-refractivity contribution in [3.05, 3.63) is 94.1 Å². The molecule has 0 aliphatic carbocycles. The van der Waals surface area contributed by atoms with Crippen LogP contribution in [-0.4, -0.2) is 30.2 Å². The molecule has 10 heteroatoms. The first kappa shape index (κ1) is 22.3. The second-order valence-electron chi connectivity index (χ2n) is 8.49. The van der Waals surface area contributed by atoms with Crippen LogP contribution < -0.4 is 21.9 Å². The number of hydrogen-bond acceptors (Lipinski definition) is 7. The summed E-state index contributed by atoms with van der Waals surface area (Å²) in [6.07, 6.45) is 6.25. The highest BCUT2D eigenvalue weighted by Crippen LogP contribution is 2.23. The Labute approximate surface area is 201 Å². The summed E-state index contributed by atoms with van der Waals surface area (Å²) in [7, 11) is 0. The Morgan fingerprint density at radius 1 is 1.20 bits per heavy atom. The van der Waals surface area contributed by atoms with Gasteiger partial charge in [-0.2, -0.15) is 5.10 Å². The number of carbonyl (C=O) groups excluding carboxylic acids is 1. The molecule has 178 valence electrons. The van der Waals surface area contributed by atoms with Crippen molar-refractivity contribution in [1.82, 2.24) is 29.6 Å². The van der Waals surface area contributed by atoms with Gasteiger partial charge in [0.05, 0.1) is 11.9 Å². The Hall–Kier alpha value is -4.47. The second kappa shape index (κ2) is 9.41. The number of amides is 1. The molecule has 1 aliphatic rings. The minimum absolute atomic E-state index is 0.215. The van der Waals surface area contributed by atoms with E-state index in [0.717, 1.165) is 22.5 Å². The molecule has 1 atom stereocenters. The minimum Gasteiger partial charge on any atom is -0.384 e. The number of carbonyl (C=O) groups is 1. The minimum atomic E-state index is -0.600. The molecule has 1 aliphatic heterocycles. The third-order valence-electron chi connectivity index (χ3n) is 6.16. The number of rotatable bonds is 7. The fourth-order valence-electron chi connectivity index (χ4n) is 4.30. The molecule has 0 bridgehead atoms. The summed E-state index contributed by atoms with van der Waals surface area (Å²) >= 11 is 0. The van der Waals surface area contributed by atoms with E-state index in [0.29, 0.717) is 43.3 Å². The first-order valence-electron chi connectivity index (χ1n) is 11.4. The molecule has 5 rings (SSSR count). The van der Waals surface area contributed by atoms with Crippen LogP contribution in [0.3, 0.4) is 0 Å². The summed E-state index contributed by atoms with van der Waals surface area (Å²) in [6.45, 7) is 2.60. The molecule has 35 heavy (non-hydrogen) atoms. The SMILES string of the molecule is Cc1nc(N)ccc1CNC(=O)[C@@H]1CCc2ncc(NCc3cccc(-n4cccn4)c3)c(=O)n21. The number of nitrogens with two attached hydrogens (primary N) is 1. The first-order valence-corrected chi connectivity index (χ1v) is 11.4. The lowest BCUT2D eigenvalue weighted by atomic mass is 10.1. The van der Waals surface area contributed by atoms with Crippen LogP contribution in [0.1, 0.15) is 35.1 Å². The van der Waals surface area contributed by atoms with Gasteiger partial charge in [-0.15, -0.1) is 0 Å². The molecule has 10 nitrogen and oxygen atoms in total. The number of aryl methyl sites for hydroxylation is 2. The molecular formula is C25H26N8O2. The van der Waals surface area contributed by atoms with Crippen LogP contribution >= 0.6 is 0 Å². The number of nitrogen functional groups attached to an aromatic ring is 1. The third kappa shape index (κ3) is 4.63. The zero-order chi connectivity index (χ0) is 24.4. The van der Waals surface area contributed by atoms with E-state index in [1.165, 1.54) is 4.57 Å². The van der Waals surface area contributed by atoms with Crippen LogP contribution in [0.2, 0.25) is 0 Å². The van der Waals surface area contributed by atoms with Gasteiger partial charge in [0.15, 0.2) is 0 Å². The molecule has 0 spiro atoms. The Morgan fingerprint density at radius 3 is 2.89 bits per heavy atom. The number of fused-ring (bicyclic) bond motifs is 1. The highest BCUT2D eigenvalue weighted by molar-refractivity contribution is 5.81. The molecule has 1 amide bonds. The van der Waals surface area contributed by atoms with E-state index in [9.17, 15) is 9.59 Å². The number of hydrogen-bond donors (Lipinski definition) is 3. The lowest BCUT2D eigenvalue weighted by Gasteiger charge is -2.16. The Bertz CT molecular complexity index is 1430.